The summed E-state index contributed by atoms with van der Waals surface area (Å²) < 4.78 is 0. The Morgan fingerprint density at radius 3 is 2.42 bits per heavy atom. The van der Waals surface area contributed by atoms with Crippen molar-refractivity contribution in [2.45, 2.75) is 25.8 Å². The Hall–Kier alpha value is -2.57. The fourth-order valence-corrected chi connectivity index (χ4v) is 3.38. The van der Waals surface area contributed by atoms with Crippen molar-refractivity contribution in [3.05, 3.63) is 71.0 Å². The maximum absolute atomic E-state index is 12.4. The molecule has 0 aliphatic carbocycles. The van der Waals surface area contributed by atoms with Crippen molar-refractivity contribution in [3.63, 3.8) is 0 Å². The van der Waals surface area contributed by atoms with Crippen molar-refractivity contribution >= 4 is 17.2 Å². The van der Waals surface area contributed by atoms with E-state index >= 15 is 0 Å². The van der Waals surface area contributed by atoms with Gasteiger partial charge in [0.05, 0.1) is 6.20 Å². The molecule has 0 aliphatic rings. The predicted octanol–water partition coefficient (Wildman–Crippen LogP) is 3.76. The minimum absolute atomic E-state index is 0.156. The molecule has 1 atom stereocenters. The third-order valence-electron chi connectivity index (χ3n) is 4.17. The van der Waals surface area contributed by atoms with Crippen molar-refractivity contribution in [3.8, 4) is 10.6 Å². The van der Waals surface area contributed by atoms with Crippen LogP contribution in [0.3, 0.4) is 0 Å². The number of nitrogens with two attached hydrogens (primary N) is 1. The molecule has 2 heterocycles. The van der Waals surface area contributed by atoms with Crippen LogP contribution < -0.4 is 11.1 Å². The Morgan fingerprint density at radius 2 is 1.77 bits per heavy atom. The van der Waals surface area contributed by atoms with Crippen molar-refractivity contribution in [1.29, 1.82) is 0 Å². The van der Waals surface area contributed by atoms with E-state index in [1.165, 1.54) is 16.9 Å². The second-order valence-electron chi connectivity index (χ2n) is 6.40. The molecular weight excluding hydrogens is 344 g/mol. The molecule has 5 nitrogen and oxygen atoms in total. The van der Waals surface area contributed by atoms with Gasteiger partial charge in [0.15, 0.2) is 0 Å². The highest BCUT2D eigenvalue weighted by Crippen LogP contribution is 2.24. The van der Waals surface area contributed by atoms with Gasteiger partial charge in [-0.2, -0.15) is 0 Å². The van der Waals surface area contributed by atoms with Crippen LogP contribution in [0.1, 0.15) is 46.6 Å². The van der Waals surface area contributed by atoms with Crippen LogP contribution >= 0.6 is 11.3 Å². The summed E-state index contributed by atoms with van der Waals surface area (Å²) in [4.78, 5) is 21.2. The standard InChI is InChI=1S/C20H22N4OS/c1-13(2)14-3-5-15(6-4-14)17(21)11-23-19(25)18-12-24-20(26-18)16-7-9-22-10-8-16/h3-10,12-13,17H,11,21H2,1-2H3,(H,23,25). The maximum atomic E-state index is 12.4. The van der Waals surface area contributed by atoms with Crippen LogP contribution in [0.5, 0.6) is 0 Å². The van der Waals surface area contributed by atoms with Gasteiger partial charge in [0.25, 0.3) is 5.91 Å². The Labute approximate surface area is 157 Å². The number of hydrogen-bond acceptors (Lipinski definition) is 5. The van der Waals surface area contributed by atoms with E-state index in [-0.39, 0.29) is 11.9 Å². The molecule has 1 amide bonds. The number of thiazole rings is 1. The molecule has 26 heavy (non-hydrogen) atoms. The van der Waals surface area contributed by atoms with E-state index in [0.29, 0.717) is 17.3 Å². The van der Waals surface area contributed by atoms with Gasteiger partial charge in [-0.25, -0.2) is 4.98 Å². The van der Waals surface area contributed by atoms with E-state index in [4.69, 9.17) is 5.73 Å². The summed E-state index contributed by atoms with van der Waals surface area (Å²) in [6, 6.07) is 11.7. The van der Waals surface area contributed by atoms with Gasteiger partial charge in [-0.05, 0) is 29.2 Å². The third kappa shape index (κ3) is 4.33. The molecule has 0 aliphatic heterocycles. The average Bonchev–Trinajstić information content (AvgIpc) is 3.17. The summed E-state index contributed by atoms with van der Waals surface area (Å²) in [5, 5.41) is 3.69. The SMILES string of the molecule is CC(C)c1ccc(C(N)CNC(=O)c2cnc(-c3ccncc3)s2)cc1. The van der Waals surface area contributed by atoms with Crippen molar-refractivity contribution < 1.29 is 4.79 Å². The molecule has 0 bridgehead atoms. The van der Waals surface area contributed by atoms with Gasteiger partial charge in [0.2, 0.25) is 0 Å². The van der Waals surface area contributed by atoms with Crippen molar-refractivity contribution in [2.75, 3.05) is 6.54 Å². The number of carbonyl (C=O) groups excluding carboxylic acids is 1. The van der Waals surface area contributed by atoms with Crippen molar-refractivity contribution in [1.82, 2.24) is 15.3 Å². The highest BCUT2D eigenvalue weighted by atomic mass is 32.1. The Morgan fingerprint density at radius 1 is 1.12 bits per heavy atom. The molecular formula is C20H22N4OS. The maximum Gasteiger partial charge on any atom is 0.263 e. The minimum atomic E-state index is -0.243. The number of nitrogens with zero attached hydrogens (tertiary/aromatic N) is 2. The van der Waals surface area contributed by atoms with Crippen LogP contribution in [0.15, 0.2) is 55.0 Å². The molecule has 0 fully saturated rings. The summed E-state index contributed by atoms with van der Waals surface area (Å²) >= 11 is 1.35. The molecule has 0 saturated carbocycles. The topological polar surface area (TPSA) is 80.9 Å². The van der Waals surface area contributed by atoms with E-state index in [1.807, 2.05) is 24.3 Å². The third-order valence-corrected chi connectivity index (χ3v) is 5.22. The first kappa shape index (κ1) is 18.2. The summed E-state index contributed by atoms with van der Waals surface area (Å²) in [6.45, 7) is 4.69. The molecule has 0 radical (unpaired) electrons. The number of pyridine rings is 1. The molecule has 3 rings (SSSR count). The zero-order chi connectivity index (χ0) is 18.5. The van der Waals surface area contributed by atoms with Gasteiger partial charge in [0, 0.05) is 30.5 Å². The van der Waals surface area contributed by atoms with Crippen LogP contribution in [0, 0.1) is 0 Å². The van der Waals surface area contributed by atoms with Crippen LogP contribution in [0.4, 0.5) is 0 Å². The largest absolute Gasteiger partial charge is 0.349 e. The van der Waals surface area contributed by atoms with Gasteiger partial charge in [-0.15, -0.1) is 11.3 Å². The smallest absolute Gasteiger partial charge is 0.263 e. The number of carbonyl (C=O) groups is 1. The summed E-state index contributed by atoms with van der Waals surface area (Å²) in [6.07, 6.45) is 5.01. The Bertz CT molecular complexity index is 859. The van der Waals surface area contributed by atoms with E-state index in [1.54, 1.807) is 18.6 Å². The van der Waals surface area contributed by atoms with E-state index < -0.39 is 0 Å². The summed E-state index contributed by atoms with van der Waals surface area (Å²) in [5.74, 6) is 0.331. The predicted molar refractivity (Wildman–Crippen MR) is 105 cm³/mol. The molecule has 2 aromatic heterocycles. The first-order chi connectivity index (χ1) is 12.5. The number of benzene rings is 1. The molecule has 3 N–H and O–H groups in total. The van der Waals surface area contributed by atoms with Gasteiger partial charge < -0.3 is 11.1 Å². The number of amides is 1. The normalized spacial score (nSPS) is 12.2. The lowest BCUT2D eigenvalue weighted by Gasteiger charge is -2.14. The van der Waals surface area contributed by atoms with Crippen LogP contribution in [0.25, 0.3) is 10.6 Å². The Balaban J connectivity index is 1.59. The molecule has 6 heteroatoms. The van der Waals surface area contributed by atoms with Gasteiger partial charge in [-0.3, -0.25) is 9.78 Å². The lowest BCUT2D eigenvalue weighted by molar-refractivity contribution is 0.0955. The lowest BCUT2D eigenvalue weighted by Crippen LogP contribution is -2.31. The molecule has 0 saturated heterocycles. The van der Waals surface area contributed by atoms with Crippen molar-refractivity contribution in [2.24, 2.45) is 5.73 Å². The fourth-order valence-electron chi connectivity index (χ4n) is 2.54. The van der Waals surface area contributed by atoms with Gasteiger partial charge in [0.1, 0.15) is 9.88 Å². The van der Waals surface area contributed by atoms with E-state index in [9.17, 15) is 4.79 Å². The molecule has 134 valence electrons. The first-order valence-corrected chi connectivity index (χ1v) is 9.36. The Kier molecular flexibility index (Phi) is 5.75. The zero-order valence-corrected chi connectivity index (χ0v) is 15.7. The van der Waals surface area contributed by atoms with Crippen LogP contribution in [0.2, 0.25) is 0 Å². The van der Waals surface area contributed by atoms with E-state index in [2.05, 4.69) is 41.3 Å². The quantitative estimate of drug-likeness (QED) is 0.696. The lowest BCUT2D eigenvalue weighted by atomic mass is 9.99. The second-order valence-corrected chi connectivity index (χ2v) is 7.43. The zero-order valence-electron chi connectivity index (χ0n) is 14.8. The average molecular weight is 366 g/mol. The highest BCUT2D eigenvalue weighted by Gasteiger charge is 2.14. The summed E-state index contributed by atoms with van der Waals surface area (Å²) in [7, 11) is 0. The number of rotatable bonds is 6. The van der Waals surface area contributed by atoms with Crippen LogP contribution in [-0.2, 0) is 0 Å². The van der Waals surface area contributed by atoms with E-state index in [0.717, 1.165) is 16.1 Å². The minimum Gasteiger partial charge on any atom is -0.349 e. The highest BCUT2D eigenvalue weighted by molar-refractivity contribution is 7.16. The fraction of sp³-hybridized carbons (Fsp3) is 0.250. The van der Waals surface area contributed by atoms with Gasteiger partial charge in [-0.1, -0.05) is 38.1 Å². The monoisotopic (exact) mass is 366 g/mol. The first-order valence-electron chi connectivity index (χ1n) is 8.54. The van der Waals surface area contributed by atoms with Crippen LogP contribution in [-0.4, -0.2) is 22.4 Å². The number of hydrogen-bond donors (Lipinski definition) is 2. The number of aromatic nitrogens is 2. The summed E-state index contributed by atoms with van der Waals surface area (Å²) in [5.41, 5.74) is 9.45. The molecule has 1 aromatic carbocycles. The number of nitrogens with one attached hydrogen (secondary N) is 1. The molecule has 1 unspecified atom stereocenters. The molecule has 3 aromatic rings. The van der Waals surface area contributed by atoms with Gasteiger partial charge >= 0.3 is 0 Å². The molecule has 0 spiro atoms. The second kappa shape index (κ2) is 8.21.